The highest BCUT2D eigenvalue weighted by Crippen LogP contribution is 2.21. The van der Waals surface area contributed by atoms with Crippen molar-refractivity contribution < 1.29 is 14.7 Å². The number of nitrogens with one attached hydrogen (secondary N) is 2. The minimum atomic E-state index is -0.999. The van der Waals surface area contributed by atoms with Gasteiger partial charge in [0.2, 0.25) is 0 Å². The molecule has 0 radical (unpaired) electrons. The Bertz CT molecular complexity index is 436. The molecule has 1 aromatic heterocycles. The number of amides is 2. The van der Waals surface area contributed by atoms with E-state index in [0.29, 0.717) is 13.0 Å². The number of hydrogen-bond acceptors (Lipinski definition) is 3. The first-order valence-corrected chi connectivity index (χ1v) is 7.71. The molecule has 2 amide bonds. The minimum absolute atomic E-state index is 0.379. The molecule has 106 valence electrons. The molecule has 1 aromatic rings. The van der Waals surface area contributed by atoms with Crippen LogP contribution in [0.15, 0.2) is 15.9 Å². The van der Waals surface area contributed by atoms with E-state index in [-0.39, 0.29) is 0 Å². The summed E-state index contributed by atoms with van der Waals surface area (Å²) >= 11 is 4.89. The van der Waals surface area contributed by atoms with E-state index in [0.717, 1.165) is 22.2 Å². The van der Waals surface area contributed by atoms with Gasteiger partial charge < -0.3 is 15.7 Å². The average molecular weight is 349 g/mol. The van der Waals surface area contributed by atoms with Gasteiger partial charge in [-0.15, -0.1) is 11.3 Å². The quantitative estimate of drug-likeness (QED) is 0.708. The molecule has 0 aromatic carbocycles. The maximum absolute atomic E-state index is 11.6. The Labute approximate surface area is 124 Å². The second-order valence-electron chi connectivity index (χ2n) is 4.05. The predicted molar refractivity (Wildman–Crippen MR) is 78.3 cm³/mol. The van der Waals surface area contributed by atoms with Crippen LogP contribution in [0.1, 0.15) is 31.1 Å². The standard InChI is InChI=1S/C12H17BrN2O3S/c1-2-3-4-9(11(16)17)15-12(18)14-7-10-8(13)5-6-19-10/h5-6,9H,2-4,7H2,1H3,(H,16,17)(H2,14,15,18). The van der Waals surface area contributed by atoms with Crippen LogP contribution in [0.5, 0.6) is 0 Å². The van der Waals surface area contributed by atoms with E-state index in [1.54, 1.807) is 0 Å². The third kappa shape index (κ3) is 5.61. The van der Waals surface area contributed by atoms with Crippen molar-refractivity contribution in [3.05, 3.63) is 20.8 Å². The first-order valence-electron chi connectivity index (χ1n) is 6.03. The number of carboxylic acids is 1. The first kappa shape index (κ1) is 16.0. The number of unbranched alkanes of at least 4 members (excludes halogenated alkanes) is 1. The molecule has 0 aliphatic carbocycles. The van der Waals surface area contributed by atoms with Gasteiger partial charge in [-0.05, 0) is 33.8 Å². The lowest BCUT2D eigenvalue weighted by atomic mass is 10.1. The van der Waals surface area contributed by atoms with Gasteiger partial charge in [0.1, 0.15) is 6.04 Å². The number of thiophene rings is 1. The van der Waals surface area contributed by atoms with E-state index in [1.807, 2.05) is 18.4 Å². The number of rotatable bonds is 7. The summed E-state index contributed by atoms with van der Waals surface area (Å²) < 4.78 is 0.943. The smallest absolute Gasteiger partial charge is 0.326 e. The summed E-state index contributed by atoms with van der Waals surface area (Å²) in [6, 6.07) is 0.622. The van der Waals surface area contributed by atoms with Crippen molar-refractivity contribution in [3.63, 3.8) is 0 Å². The summed E-state index contributed by atoms with van der Waals surface area (Å²) in [6.07, 6.45) is 2.12. The normalized spacial score (nSPS) is 11.9. The van der Waals surface area contributed by atoms with Crippen molar-refractivity contribution in [2.24, 2.45) is 0 Å². The van der Waals surface area contributed by atoms with Gasteiger partial charge in [-0.2, -0.15) is 0 Å². The summed E-state index contributed by atoms with van der Waals surface area (Å²) in [5, 5.41) is 16.0. The fourth-order valence-electron chi connectivity index (χ4n) is 1.49. The fraction of sp³-hybridized carbons (Fsp3) is 0.500. The van der Waals surface area contributed by atoms with Crippen LogP contribution in [0.3, 0.4) is 0 Å². The number of carboxylic acid groups (broad SMARTS) is 1. The highest BCUT2D eigenvalue weighted by atomic mass is 79.9. The number of urea groups is 1. The van der Waals surface area contributed by atoms with Crippen LogP contribution in [0.2, 0.25) is 0 Å². The molecule has 3 N–H and O–H groups in total. The van der Waals surface area contributed by atoms with Gasteiger partial charge in [0.25, 0.3) is 0 Å². The maximum atomic E-state index is 11.6. The Balaban J connectivity index is 2.40. The van der Waals surface area contributed by atoms with Crippen LogP contribution in [0.25, 0.3) is 0 Å². The summed E-state index contributed by atoms with van der Waals surface area (Å²) in [5.41, 5.74) is 0. The van der Waals surface area contributed by atoms with Gasteiger partial charge in [-0.1, -0.05) is 19.8 Å². The summed E-state index contributed by atoms with van der Waals surface area (Å²) in [4.78, 5) is 23.6. The van der Waals surface area contributed by atoms with Gasteiger partial charge in [-0.3, -0.25) is 0 Å². The minimum Gasteiger partial charge on any atom is -0.480 e. The number of hydrogen-bond donors (Lipinski definition) is 3. The molecule has 0 saturated carbocycles. The van der Waals surface area contributed by atoms with Crippen molar-refractivity contribution >= 4 is 39.3 Å². The Morgan fingerprint density at radius 3 is 2.79 bits per heavy atom. The molecular weight excluding hydrogens is 332 g/mol. The molecule has 1 atom stereocenters. The first-order chi connectivity index (χ1) is 9.04. The van der Waals surface area contributed by atoms with Gasteiger partial charge >= 0.3 is 12.0 Å². The predicted octanol–water partition coefficient (Wildman–Crippen LogP) is 2.95. The number of aliphatic carboxylic acids is 1. The Morgan fingerprint density at radius 2 is 2.26 bits per heavy atom. The van der Waals surface area contributed by atoms with E-state index in [1.165, 1.54) is 11.3 Å². The van der Waals surface area contributed by atoms with Gasteiger partial charge in [-0.25, -0.2) is 9.59 Å². The molecule has 5 nitrogen and oxygen atoms in total. The number of carbonyl (C=O) groups excluding carboxylic acids is 1. The SMILES string of the molecule is CCCCC(NC(=O)NCc1sccc1Br)C(=O)O. The highest BCUT2D eigenvalue weighted by Gasteiger charge is 2.18. The zero-order chi connectivity index (χ0) is 14.3. The zero-order valence-electron chi connectivity index (χ0n) is 10.6. The molecule has 1 rings (SSSR count). The molecule has 1 heterocycles. The highest BCUT2D eigenvalue weighted by molar-refractivity contribution is 9.10. The second kappa shape index (κ2) is 8.16. The fourth-order valence-corrected chi connectivity index (χ4v) is 2.92. The van der Waals surface area contributed by atoms with E-state index < -0.39 is 18.0 Å². The number of halogens is 1. The molecule has 0 saturated heterocycles. The average Bonchev–Trinajstić information content (AvgIpc) is 2.77. The molecule has 0 spiro atoms. The van der Waals surface area contributed by atoms with E-state index in [4.69, 9.17) is 5.11 Å². The third-order valence-corrected chi connectivity index (χ3v) is 4.48. The Kier molecular flexibility index (Phi) is 6.86. The number of carbonyl (C=O) groups is 2. The van der Waals surface area contributed by atoms with Crippen LogP contribution in [0.4, 0.5) is 4.79 Å². The van der Waals surface area contributed by atoms with E-state index >= 15 is 0 Å². The van der Waals surface area contributed by atoms with E-state index in [2.05, 4.69) is 26.6 Å². The van der Waals surface area contributed by atoms with Crippen molar-refractivity contribution in [1.29, 1.82) is 0 Å². The maximum Gasteiger partial charge on any atom is 0.326 e. The second-order valence-corrected chi connectivity index (χ2v) is 5.91. The molecule has 0 aliphatic heterocycles. The lowest BCUT2D eigenvalue weighted by Crippen LogP contribution is -2.45. The molecule has 19 heavy (non-hydrogen) atoms. The monoisotopic (exact) mass is 348 g/mol. The molecule has 7 heteroatoms. The molecular formula is C12H17BrN2O3S. The molecule has 0 fully saturated rings. The topological polar surface area (TPSA) is 78.4 Å². The lowest BCUT2D eigenvalue weighted by molar-refractivity contribution is -0.139. The van der Waals surface area contributed by atoms with Crippen molar-refractivity contribution in [2.75, 3.05) is 0 Å². The van der Waals surface area contributed by atoms with Gasteiger partial charge in [0.15, 0.2) is 0 Å². The van der Waals surface area contributed by atoms with Gasteiger partial charge in [0.05, 0.1) is 6.54 Å². The Morgan fingerprint density at radius 1 is 1.53 bits per heavy atom. The molecule has 0 aliphatic rings. The van der Waals surface area contributed by atoms with E-state index in [9.17, 15) is 9.59 Å². The van der Waals surface area contributed by atoms with Crippen LogP contribution >= 0.6 is 27.3 Å². The summed E-state index contributed by atoms with van der Waals surface area (Å²) in [7, 11) is 0. The molecule has 0 bridgehead atoms. The van der Waals surface area contributed by atoms with Gasteiger partial charge in [0, 0.05) is 9.35 Å². The third-order valence-electron chi connectivity index (χ3n) is 2.55. The lowest BCUT2D eigenvalue weighted by Gasteiger charge is -2.14. The van der Waals surface area contributed by atoms with Crippen molar-refractivity contribution in [1.82, 2.24) is 10.6 Å². The van der Waals surface area contributed by atoms with Crippen molar-refractivity contribution in [2.45, 2.75) is 38.8 Å². The van der Waals surface area contributed by atoms with Crippen LogP contribution < -0.4 is 10.6 Å². The van der Waals surface area contributed by atoms with Crippen LogP contribution in [0, 0.1) is 0 Å². The summed E-state index contributed by atoms with van der Waals surface area (Å²) in [6.45, 7) is 2.36. The zero-order valence-corrected chi connectivity index (χ0v) is 13.0. The van der Waals surface area contributed by atoms with Crippen LogP contribution in [-0.4, -0.2) is 23.1 Å². The summed E-state index contributed by atoms with van der Waals surface area (Å²) in [5.74, 6) is -0.999. The van der Waals surface area contributed by atoms with Crippen molar-refractivity contribution in [3.8, 4) is 0 Å². The largest absolute Gasteiger partial charge is 0.480 e. The molecule has 1 unspecified atom stereocenters. The Hall–Kier alpha value is -1.08. The van der Waals surface area contributed by atoms with Crippen LogP contribution in [-0.2, 0) is 11.3 Å².